The second-order valence-electron chi connectivity index (χ2n) is 7.29. The van der Waals surface area contributed by atoms with Crippen molar-refractivity contribution in [2.24, 2.45) is 5.92 Å². The minimum atomic E-state index is -0.126. The number of aryl methyl sites for hydroxylation is 1. The summed E-state index contributed by atoms with van der Waals surface area (Å²) in [6, 6.07) is 15.9. The Balaban J connectivity index is 1.49. The van der Waals surface area contributed by atoms with Crippen molar-refractivity contribution in [1.82, 2.24) is 4.90 Å². The van der Waals surface area contributed by atoms with E-state index in [1.165, 1.54) is 18.1 Å². The SMILES string of the molecule is CC(=O)Nc1cccc(NC(=O)C2CCN(Cc3ccc(C)cc3)CC2)c1. The maximum atomic E-state index is 12.6. The Bertz CT molecular complexity index is 793. The first-order valence-electron chi connectivity index (χ1n) is 9.46. The minimum Gasteiger partial charge on any atom is -0.326 e. The van der Waals surface area contributed by atoms with Crippen LogP contribution in [0.4, 0.5) is 11.4 Å². The molecule has 0 atom stereocenters. The van der Waals surface area contributed by atoms with Crippen molar-refractivity contribution < 1.29 is 9.59 Å². The summed E-state index contributed by atoms with van der Waals surface area (Å²) in [5, 5.41) is 5.72. The summed E-state index contributed by atoms with van der Waals surface area (Å²) in [5.41, 5.74) is 4.00. The lowest BCUT2D eigenvalue weighted by molar-refractivity contribution is -0.121. The molecule has 2 amide bonds. The highest BCUT2D eigenvalue weighted by Gasteiger charge is 2.25. The fourth-order valence-electron chi connectivity index (χ4n) is 3.43. The molecular weight excluding hydrogens is 338 g/mol. The predicted octanol–water partition coefficient (Wildman–Crippen LogP) is 3.80. The number of piperidine rings is 1. The Morgan fingerprint density at radius 3 is 2.26 bits per heavy atom. The molecule has 5 heteroatoms. The monoisotopic (exact) mass is 365 g/mol. The number of likely N-dealkylation sites (tertiary alicyclic amines) is 1. The predicted molar refractivity (Wildman–Crippen MR) is 109 cm³/mol. The van der Waals surface area contributed by atoms with Gasteiger partial charge in [-0.05, 0) is 56.6 Å². The van der Waals surface area contributed by atoms with Crippen molar-refractivity contribution in [1.29, 1.82) is 0 Å². The van der Waals surface area contributed by atoms with Gasteiger partial charge in [-0.25, -0.2) is 0 Å². The third-order valence-corrected chi connectivity index (χ3v) is 4.94. The molecule has 0 radical (unpaired) electrons. The quantitative estimate of drug-likeness (QED) is 0.847. The van der Waals surface area contributed by atoms with E-state index in [4.69, 9.17) is 0 Å². The highest BCUT2D eigenvalue weighted by molar-refractivity contribution is 5.94. The molecule has 2 aromatic rings. The van der Waals surface area contributed by atoms with Gasteiger partial charge in [0, 0.05) is 30.8 Å². The summed E-state index contributed by atoms with van der Waals surface area (Å²) in [4.78, 5) is 26.2. The first-order valence-corrected chi connectivity index (χ1v) is 9.46. The second-order valence-corrected chi connectivity index (χ2v) is 7.29. The number of rotatable bonds is 5. The fraction of sp³-hybridized carbons (Fsp3) is 0.364. The van der Waals surface area contributed by atoms with Crippen molar-refractivity contribution >= 4 is 23.2 Å². The molecule has 1 aliphatic rings. The second kappa shape index (κ2) is 8.82. The molecule has 1 saturated heterocycles. The maximum absolute atomic E-state index is 12.6. The third kappa shape index (κ3) is 5.66. The van der Waals surface area contributed by atoms with Gasteiger partial charge < -0.3 is 10.6 Å². The van der Waals surface area contributed by atoms with Crippen LogP contribution in [0, 0.1) is 12.8 Å². The Labute approximate surface area is 160 Å². The largest absolute Gasteiger partial charge is 0.326 e. The van der Waals surface area contributed by atoms with E-state index in [1.54, 1.807) is 12.1 Å². The van der Waals surface area contributed by atoms with Crippen LogP contribution in [0.1, 0.15) is 30.9 Å². The third-order valence-electron chi connectivity index (χ3n) is 4.94. The molecule has 2 N–H and O–H groups in total. The van der Waals surface area contributed by atoms with Crippen molar-refractivity contribution in [3.63, 3.8) is 0 Å². The molecule has 0 bridgehead atoms. The molecule has 0 saturated carbocycles. The molecule has 5 nitrogen and oxygen atoms in total. The van der Waals surface area contributed by atoms with E-state index in [1.807, 2.05) is 12.1 Å². The minimum absolute atomic E-state index is 0.0312. The number of carbonyl (C=O) groups excluding carboxylic acids is 2. The number of amides is 2. The standard InChI is InChI=1S/C22H27N3O2/c1-16-6-8-18(9-7-16)15-25-12-10-19(11-13-25)22(27)24-21-5-3-4-20(14-21)23-17(2)26/h3-9,14,19H,10-13,15H2,1-2H3,(H,23,26)(H,24,27). The number of hydrogen-bond acceptors (Lipinski definition) is 3. The summed E-state index contributed by atoms with van der Waals surface area (Å²) in [6.45, 7) is 6.36. The number of carbonyl (C=O) groups is 2. The Morgan fingerprint density at radius 1 is 1.00 bits per heavy atom. The van der Waals surface area contributed by atoms with Crippen molar-refractivity contribution in [3.8, 4) is 0 Å². The summed E-state index contributed by atoms with van der Waals surface area (Å²) >= 11 is 0. The van der Waals surface area contributed by atoms with Gasteiger partial charge in [0.2, 0.25) is 11.8 Å². The van der Waals surface area contributed by atoms with Crippen molar-refractivity contribution in [3.05, 3.63) is 59.7 Å². The van der Waals surface area contributed by atoms with Crippen LogP contribution >= 0.6 is 0 Å². The van der Waals surface area contributed by atoms with Gasteiger partial charge in [0.1, 0.15) is 0 Å². The van der Waals surface area contributed by atoms with E-state index >= 15 is 0 Å². The lowest BCUT2D eigenvalue weighted by Crippen LogP contribution is -2.37. The summed E-state index contributed by atoms with van der Waals surface area (Å²) in [6.07, 6.45) is 1.73. The van der Waals surface area contributed by atoms with E-state index in [0.29, 0.717) is 11.4 Å². The molecule has 142 valence electrons. The Kier molecular flexibility index (Phi) is 6.24. The summed E-state index contributed by atoms with van der Waals surface area (Å²) in [7, 11) is 0. The Hall–Kier alpha value is -2.66. The number of nitrogens with one attached hydrogen (secondary N) is 2. The van der Waals surface area contributed by atoms with Gasteiger partial charge in [-0.1, -0.05) is 35.9 Å². The molecule has 1 aliphatic heterocycles. The van der Waals surface area contributed by atoms with E-state index in [0.717, 1.165) is 32.5 Å². The lowest BCUT2D eigenvalue weighted by Gasteiger charge is -2.31. The molecule has 0 unspecified atom stereocenters. The molecule has 0 aromatic heterocycles. The number of anilines is 2. The first-order chi connectivity index (χ1) is 13.0. The first kappa shape index (κ1) is 19.1. The molecule has 27 heavy (non-hydrogen) atoms. The van der Waals surface area contributed by atoms with Gasteiger partial charge in [0.05, 0.1) is 0 Å². The van der Waals surface area contributed by atoms with Crippen LogP contribution in [-0.4, -0.2) is 29.8 Å². The summed E-state index contributed by atoms with van der Waals surface area (Å²) < 4.78 is 0. The van der Waals surface area contributed by atoms with Gasteiger partial charge in [0.15, 0.2) is 0 Å². The molecular formula is C22H27N3O2. The smallest absolute Gasteiger partial charge is 0.227 e. The summed E-state index contributed by atoms with van der Waals surface area (Å²) in [5.74, 6) is -0.0342. The van der Waals surface area contributed by atoms with Gasteiger partial charge in [-0.2, -0.15) is 0 Å². The van der Waals surface area contributed by atoms with E-state index in [9.17, 15) is 9.59 Å². The van der Waals surface area contributed by atoms with Gasteiger partial charge in [-0.3, -0.25) is 14.5 Å². The molecule has 1 fully saturated rings. The van der Waals surface area contributed by atoms with E-state index in [-0.39, 0.29) is 17.7 Å². The van der Waals surface area contributed by atoms with Crippen LogP contribution in [0.25, 0.3) is 0 Å². The van der Waals surface area contributed by atoms with Gasteiger partial charge in [-0.15, -0.1) is 0 Å². The molecule has 2 aromatic carbocycles. The van der Waals surface area contributed by atoms with Crippen LogP contribution in [-0.2, 0) is 16.1 Å². The molecule has 3 rings (SSSR count). The molecule has 0 spiro atoms. The van der Waals surface area contributed by atoms with E-state index < -0.39 is 0 Å². The zero-order valence-corrected chi connectivity index (χ0v) is 16.0. The van der Waals surface area contributed by atoms with Crippen LogP contribution in [0.15, 0.2) is 48.5 Å². The average molecular weight is 365 g/mol. The molecule has 1 heterocycles. The number of benzene rings is 2. The topological polar surface area (TPSA) is 61.4 Å². The van der Waals surface area contributed by atoms with Crippen LogP contribution < -0.4 is 10.6 Å². The van der Waals surface area contributed by atoms with Crippen molar-refractivity contribution in [2.75, 3.05) is 23.7 Å². The molecule has 0 aliphatic carbocycles. The average Bonchev–Trinajstić information content (AvgIpc) is 2.64. The zero-order chi connectivity index (χ0) is 19.2. The highest BCUT2D eigenvalue weighted by Crippen LogP contribution is 2.22. The van der Waals surface area contributed by atoms with Crippen LogP contribution in [0.3, 0.4) is 0 Å². The number of nitrogens with zero attached hydrogens (tertiary/aromatic N) is 1. The van der Waals surface area contributed by atoms with E-state index in [2.05, 4.69) is 46.7 Å². The number of hydrogen-bond donors (Lipinski definition) is 2. The highest BCUT2D eigenvalue weighted by atomic mass is 16.2. The maximum Gasteiger partial charge on any atom is 0.227 e. The van der Waals surface area contributed by atoms with Crippen LogP contribution in [0.2, 0.25) is 0 Å². The van der Waals surface area contributed by atoms with Crippen LogP contribution in [0.5, 0.6) is 0 Å². The Morgan fingerprint density at radius 2 is 1.63 bits per heavy atom. The zero-order valence-electron chi connectivity index (χ0n) is 16.0. The van der Waals surface area contributed by atoms with Gasteiger partial charge in [0.25, 0.3) is 0 Å². The van der Waals surface area contributed by atoms with Crippen molar-refractivity contribution in [2.45, 2.75) is 33.2 Å². The fourth-order valence-corrected chi connectivity index (χ4v) is 3.43. The van der Waals surface area contributed by atoms with Gasteiger partial charge >= 0.3 is 0 Å². The lowest BCUT2D eigenvalue weighted by atomic mass is 9.95. The normalized spacial score (nSPS) is 15.3.